The number of nitrogens with one attached hydrogen (secondary N) is 2. The highest BCUT2D eigenvalue weighted by Gasteiger charge is 2.43. The lowest BCUT2D eigenvalue weighted by Crippen LogP contribution is -2.49. The van der Waals surface area contributed by atoms with Crippen molar-refractivity contribution in [1.29, 1.82) is 0 Å². The number of ketones is 2. The molecule has 11 nitrogen and oxygen atoms in total. The van der Waals surface area contributed by atoms with E-state index in [0.717, 1.165) is 44.1 Å². The molecule has 2 aliphatic carbocycles. The van der Waals surface area contributed by atoms with E-state index < -0.39 is 28.7 Å². The number of nitrogens with zero attached hydrogens (tertiary/aromatic N) is 3. The van der Waals surface area contributed by atoms with Crippen LogP contribution in [-0.4, -0.2) is 68.9 Å². The summed E-state index contributed by atoms with van der Waals surface area (Å²) >= 11 is 0. The molecule has 0 unspecified atom stereocenters. The van der Waals surface area contributed by atoms with E-state index in [9.17, 15) is 37.1 Å². The molecule has 0 bridgehead atoms. The summed E-state index contributed by atoms with van der Waals surface area (Å²) in [6.07, 6.45) is 7.62. The van der Waals surface area contributed by atoms with Crippen LogP contribution < -0.4 is 16.4 Å². The number of piperidine rings is 2. The van der Waals surface area contributed by atoms with Crippen molar-refractivity contribution in [1.82, 2.24) is 25.5 Å². The van der Waals surface area contributed by atoms with E-state index in [-0.39, 0.29) is 70.7 Å². The number of benzene rings is 2. The molecule has 15 heteroatoms. The Bertz CT molecular complexity index is 2100. The molecule has 6 N–H and O–H groups in total. The number of fused-ring (bicyclic) bond motifs is 2. The summed E-state index contributed by atoms with van der Waals surface area (Å²) in [6, 6.07) is 10.0. The maximum absolute atomic E-state index is 14.2. The first-order valence-electron chi connectivity index (χ1n) is 18.5. The largest absolute Gasteiger partial charge is 0.506 e. The van der Waals surface area contributed by atoms with Crippen molar-refractivity contribution in [3.63, 3.8) is 0 Å². The number of aromatic hydroxyl groups is 2. The minimum atomic E-state index is -0.740. The molecule has 2 saturated heterocycles. The number of aromatic nitrogens is 2. The molecule has 0 atom stereocenters. The lowest BCUT2D eigenvalue weighted by Gasteiger charge is -2.44. The maximum atomic E-state index is 14.2. The van der Waals surface area contributed by atoms with E-state index in [0.29, 0.717) is 62.1 Å². The summed E-state index contributed by atoms with van der Waals surface area (Å²) < 4.78 is 54.7. The van der Waals surface area contributed by atoms with Crippen molar-refractivity contribution in [2.45, 2.75) is 64.5 Å². The molecule has 4 aromatic rings. The van der Waals surface area contributed by atoms with Gasteiger partial charge in [-0.05, 0) is 110 Å². The van der Waals surface area contributed by atoms with Crippen LogP contribution in [0.1, 0.15) is 81.8 Å². The third-order valence-electron chi connectivity index (χ3n) is 11.2. The third kappa shape index (κ3) is 9.16. The first-order valence-corrected chi connectivity index (χ1v) is 18.5. The fourth-order valence-corrected chi connectivity index (χ4v) is 8.08. The van der Waals surface area contributed by atoms with Gasteiger partial charge in [-0.2, -0.15) is 0 Å². The molecule has 56 heavy (non-hydrogen) atoms. The lowest BCUT2D eigenvalue weighted by molar-refractivity contribution is 0.0728. The minimum absolute atomic E-state index is 0.0169. The van der Waals surface area contributed by atoms with Gasteiger partial charge in [-0.1, -0.05) is 0 Å². The van der Waals surface area contributed by atoms with Gasteiger partial charge in [0.15, 0.2) is 11.6 Å². The van der Waals surface area contributed by atoms with Crippen molar-refractivity contribution in [3.8, 4) is 11.5 Å². The van der Waals surface area contributed by atoms with Crippen LogP contribution in [0.2, 0.25) is 0 Å². The van der Waals surface area contributed by atoms with Crippen molar-refractivity contribution in [2.24, 2.45) is 16.6 Å². The number of pyridine rings is 2. The number of hydrogen-bond acceptors (Lipinski definition) is 9. The first kappa shape index (κ1) is 40.3. The van der Waals surface area contributed by atoms with Crippen LogP contribution in [0.25, 0.3) is 0 Å². The summed E-state index contributed by atoms with van der Waals surface area (Å²) in [5.41, 5.74) is 6.71. The zero-order valence-electron chi connectivity index (χ0n) is 30.7. The van der Waals surface area contributed by atoms with Gasteiger partial charge < -0.3 is 31.5 Å². The number of hydrogen-bond donors (Lipinski definition) is 5. The predicted molar refractivity (Wildman–Crippen MR) is 198 cm³/mol. The second kappa shape index (κ2) is 17.2. The monoisotopic (exact) mass is 776 g/mol. The Hall–Kier alpha value is -5.41. The normalized spacial score (nSPS) is 17.8. The molecule has 2 aromatic heterocycles. The van der Waals surface area contributed by atoms with E-state index in [1.54, 1.807) is 29.3 Å². The van der Waals surface area contributed by atoms with Crippen molar-refractivity contribution >= 4 is 17.6 Å². The van der Waals surface area contributed by atoms with Crippen LogP contribution >= 0.6 is 0 Å². The number of Topliss-reactive ketones (excluding diaryl/α,β-unsaturated/α-hetero) is 2. The van der Waals surface area contributed by atoms with Gasteiger partial charge >= 0.3 is 6.03 Å². The van der Waals surface area contributed by atoms with E-state index in [2.05, 4.69) is 20.6 Å². The van der Waals surface area contributed by atoms with Gasteiger partial charge in [-0.3, -0.25) is 19.6 Å². The molecular formula is C41H44F4N6O5. The van der Waals surface area contributed by atoms with Crippen molar-refractivity contribution in [2.75, 3.05) is 26.2 Å². The smallest absolute Gasteiger partial charge is 0.317 e. The summed E-state index contributed by atoms with van der Waals surface area (Å²) in [5.74, 6) is -2.83. The molecule has 296 valence electrons. The van der Waals surface area contributed by atoms with Crippen LogP contribution in [0.5, 0.6) is 11.5 Å². The molecule has 2 spiro atoms. The van der Waals surface area contributed by atoms with Crippen LogP contribution in [0.15, 0.2) is 60.9 Å². The van der Waals surface area contributed by atoms with Gasteiger partial charge in [0.05, 0.1) is 12.2 Å². The summed E-state index contributed by atoms with van der Waals surface area (Å²) in [5, 5.41) is 24.7. The van der Waals surface area contributed by atoms with E-state index in [1.165, 1.54) is 18.3 Å². The fourth-order valence-electron chi connectivity index (χ4n) is 8.08. The quantitative estimate of drug-likeness (QED) is 0.159. The predicted octanol–water partition coefficient (Wildman–Crippen LogP) is 5.90. The second-order valence-corrected chi connectivity index (χ2v) is 14.9. The van der Waals surface area contributed by atoms with Crippen molar-refractivity contribution in [3.05, 3.63) is 118 Å². The molecular weight excluding hydrogens is 732 g/mol. The van der Waals surface area contributed by atoms with Gasteiger partial charge in [-0.15, -0.1) is 0 Å². The minimum Gasteiger partial charge on any atom is -0.506 e. The summed E-state index contributed by atoms with van der Waals surface area (Å²) in [7, 11) is 0. The topological polar surface area (TPSA) is 171 Å². The standard InChI is InChI=1S/C21H21F2N3O3.C14H15F2NO.C6H8N2O/c22-13-8-14-15(16(23)9-13)10-21(11-19(14)28)3-6-26(7-4-21)20(29)25-12-17-18(27)2-1-5-24-17;15-9-5-10-11(12(16)6-9)7-14(8-13(10)18)1-3-17-4-2-14;7-4-5-6(9)2-1-3-8-5/h1-2,5,8-9,27H,3-4,6-7,10-12H2,(H,25,29);5-6,17H,1-4,7-8H2;1-3,9H,4,7H2. The van der Waals surface area contributed by atoms with E-state index in [1.807, 2.05) is 0 Å². The Morgan fingerprint density at radius 1 is 0.750 bits per heavy atom. The number of carbonyl (C=O) groups is 3. The molecule has 0 saturated carbocycles. The maximum Gasteiger partial charge on any atom is 0.317 e. The molecule has 2 aromatic carbocycles. The average Bonchev–Trinajstić information content (AvgIpc) is 3.17. The van der Waals surface area contributed by atoms with Crippen LogP contribution in [0, 0.1) is 34.1 Å². The average molecular weight is 777 g/mol. The highest BCUT2D eigenvalue weighted by molar-refractivity contribution is 5.99. The first-order chi connectivity index (χ1) is 26.8. The highest BCUT2D eigenvalue weighted by Crippen LogP contribution is 2.45. The summed E-state index contributed by atoms with van der Waals surface area (Å²) in [4.78, 5) is 46.6. The Morgan fingerprint density at radius 2 is 1.23 bits per heavy atom. The number of urea groups is 1. The Morgan fingerprint density at radius 3 is 1.70 bits per heavy atom. The zero-order chi connectivity index (χ0) is 40.0. The zero-order valence-corrected chi connectivity index (χ0v) is 30.7. The molecule has 8 rings (SSSR count). The molecule has 0 radical (unpaired) electrons. The molecule has 4 aliphatic rings. The number of carbonyl (C=O) groups excluding carboxylic acids is 3. The number of halogens is 4. The van der Waals surface area contributed by atoms with Crippen LogP contribution in [0.3, 0.4) is 0 Å². The van der Waals surface area contributed by atoms with Gasteiger partial charge in [0, 0.05) is 68.1 Å². The Balaban J connectivity index is 0.000000166. The molecule has 2 amide bonds. The number of rotatable bonds is 3. The van der Waals surface area contributed by atoms with Crippen LogP contribution in [0.4, 0.5) is 22.4 Å². The fraction of sp³-hybridized carbons (Fsp3) is 0.390. The van der Waals surface area contributed by atoms with E-state index in [4.69, 9.17) is 10.8 Å². The number of likely N-dealkylation sites (tertiary alicyclic amines) is 1. The second-order valence-electron chi connectivity index (χ2n) is 14.9. The summed E-state index contributed by atoms with van der Waals surface area (Å²) in [6.45, 7) is 3.00. The number of amides is 2. The molecule has 4 heterocycles. The molecule has 2 fully saturated rings. The molecule has 2 aliphatic heterocycles. The lowest BCUT2D eigenvalue weighted by atomic mass is 9.66. The SMILES string of the molecule is NCc1ncccc1O.O=C1CC2(CCN(C(=O)NCc3ncccc3O)CC2)Cc2c(F)cc(F)cc21.O=C1CC2(CCNCC2)Cc2c(F)cc(F)cc21. The van der Waals surface area contributed by atoms with E-state index >= 15 is 0 Å². The Labute approximate surface area is 321 Å². The van der Waals surface area contributed by atoms with Gasteiger partial charge in [0.25, 0.3) is 0 Å². The van der Waals surface area contributed by atoms with Crippen molar-refractivity contribution < 1.29 is 42.2 Å². The highest BCUT2D eigenvalue weighted by atomic mass is 19.1. The van der Waals surface area contributed by atoms with Crippen LogP contribution in [-0.2, 0) is 25.9 Å². The number of nitrogens with two attached hydrogens (primary N) is 1. The Kier molecular flexibility index (Phi) is 12.3. The van der Waals surface area contributed by atoms with Gasteiger partial charge in [0.2, 0.25) is 0 Å². The third-order valence-corrected chi connectivity index (χ3v) is 11.2. The van der Waals surface area contributed by atoms with Gasteiger partial charge in [0.1, 0.15) is 40.5 Å². The van der Waals surface area contributed by atoms with Gasteiger partial charge in [-0.25, -0.2) is 22.4 Å².